The maximum absolute atomic E-state index is 12.9. The van der Waals surface area contributed by atoms with Gasteiger partial charge in [-0.2, -0.15) is 0 Å². The van der Waals surface area contributed by atoms with Gasteiger partial charge in [0.15, 0.2) is 12.6 Å². The number of benzene rings is 2. The third-order valence-corrected chi connectivity index (χ3v) is 5.34. The number of likely N-dealkylation sites (N-methyl/N-ethyl adjacent to an activating group) is 2. The molecule has 0 spiro atoms. The van der Waals surface area contributed by atoms with E-state index in [1.54, 1.807) is 0 Å². The minimum Gasteiger partial charge on any atom is -0.334 e. The number of nitrogens with one attached hydrogen (secondary N) is 2. The summed E-state index contributed by atoms with van der Waals surface area (Å²) in [6.07, 6.45) is 0. The molecule has 1 unspecified atom stereocenters. The van der Waals surface area contributed by atoms with Crippen LogP contribution in [0, 0.1) is 13.8 Å². The van der Waals surface area contributed by atoms with Crippen LogP contribution in [0.2, 0.25) is 0 Å². The number of amides is 2. The fourth-order valence-corrected chi connectivity index (χ4v) is 3.12. The summed E-state index contributed by atoms with van der Waals surface area (Å²) in [5.41, 5.74) is 4.14. The van der Waals surface area contributed by atoms with Crippen molar-refractivity contribution in [3.05, 3.63) is 65.2 Å². The van der Waals surface area contributed by atoms with Crippen molar-refractivity contribution in [3.63, 3.8) is 0 Å². The number of anilines is 1. The van der Waals surface area contributed by atoms with Crippen LogP contribution in [0.1, 0.15) is 30.5 Å². The van der Waals surface area contributed by atoms with E-state index < -0.39 is 0 Å². The van der Waals surface area contributed by atoms with Crippen molar-refractivity contribution in [2.75, 3.05) is 25.5 Å². The molecule has 0 heterocycles. The highest BCUT2D eigenvalue weighted by molar-refractivity contribution is 5.92. The number of hydrogen-bond acceptors (Lipinski definition) is 2. The van der Waals surface area contributed by atoms with Gasteiger partial charge in [0.25, 0.3) is 11.8 Å². The van der Waals surface area contributed by atoms with Crippen molar-refractivity contribution in [3.8, 4) is 0 Å². The van der Waals surface area contributed by atoms with E-state index in [-0.39, 0.29) is 24.4 Å². The first-order chi connectivity index (χ1) is 13.3. The van der Waals surface area contributed by atoms with Crippen LogP contribution < -0.4 is 10.2 Å². The van der Waals surface area contributed by atoms with Crippen molar-refractivity contribution in [1.82, 2.24) is 4.90 Å². The Hall–Kier alpha value is -2.66. The maximum atomic E-state index is 12.9. The Labute approximate surface area is 168 Å². The average molecular weight is 383 g/mol. The van der Waals surface area contributed by atoms with E-state index in [0.717, 1.165) is 27.3 Å². The highest BCUT2D eigenvalue weighted by Crippen LogP contribution is 2.17. The number of nitrogens with zero attached hydrogens (tertiary/aromatic N) is 1. The topological polar surface area (TPSA) is 53.9 Å². The lowest BCUT2D eigenvalue weighted by Gasteiger charge is -2.27. The van der Waals surface area contributed by atoms with Gasteiger partial charge in [-0.05, 0) is 50.5 Å². The van der Waals surface area contributed by atoms with Gasteiger partial charge in [-0.1, -0.05) is 42.5 Å². The summed E-state index contributed by atoms with van der Waals surface area (Å²) < 4.78 is 0. The molecule has 2 atom stereocenters. The van der Waals surface area contributed by atoms with Gasteiger partial charge in [-0.25, -0.2) is 0 Å². The largest absolute Gasteiger partial charge is 0.334 e. The van der Waals surface area contributed by atoms with Crippen LogP contribution in [-0.4, -0.2) is 42.9 Å². The SMILES string of the molecule is CCN(Cc1ccccc1)C(=O)[C@H](C)[NH+](C)CC(=O)Nc1cccc(C)c1C. The molecule has 5 nitrogen and oxygen atoms in total. The van der Waals surface area contributed by atoms with Gasteiger partial charge < -0.3 is 15.1 Å². The van der Waals surface area contributed by atoms with Gasteiger partial charge >= 0.3 is 0 Å². The zero-order chi connectivity index (χ0) is 20.7. The van der Waals surface area contributed by atoms with E-state index in [2.05, 4.69) is 5.32 Å². The van der Waals surface area contributed by atoms with Gasteiger partial charge in [0.1, 0.15) is 0 Å². The first kappa shape index (κ1) is 21.6. The molecule has 0 aliphatic carbocycles. The van der Waals surface area contributed by atoms with E-state index in [9.17, 15) is 9.59 Å². The van der Waals surface area contributed by atoms with Crippen LogP contribution in [0.3, 0.4) is 0 Å². The number of carbonyl (C=O) groups excluding carboxylic acids is 2. The van der Waals surface area contributed by atoms with Crippen LogP contribution in [0.4, 0.5) is 5.69 Å². The minimum atomic E-state index is -0.298. The molecule has 2 N–H and O–H groups in total. The van der Waals surface area contributed by atoms with E-state index in [1.807, 2.05) is 88.2 Å². The Balaban J connectivity index is 1.96. The second-order valence-corrected chi connectivity index (χ2v) is 7.38. The average Bonchev–Trinajstić information content (AvgIpc) is 2.69. The summed E-state index contributed by atoms with van der Waals surface area (Å²) in [4.78, 5) is 28.1. The third kappa shape index (κ3) is 5.67. The van der Waals surface area contributed by atoms with E-state index in [0.29, 0.717) is 13.1 Å². The second-order valence-electron chi connectivity index (χ2n) is 7.38. The van der Waals surface area contributed by atoms with E-state index >= 15 is 0 Å². The Kier molecular flexibility index (Phi) is 7.76. The number of rotatable bonds is 8. The Morgan fingerprint density at radius 3 is 2.39 bits per heavy atom. The highest BCUT2D eigenvalue weighted by atomic mass is 16.2. The smallest absolute Gasteiger partial charge is 0.280 e. The van der Waals surface area contributed by atoms with Crippen LogP contribution in [-0.2, 0) is 16.1 Å². The molecule has 28 heavy (non-hydrogen) atoms. The molecular formula is C23H32N3O2+. The van der Waals surface area contributed by atoms with E-state index in [1.165, 1.54) is 0 Å². The molecule has 0 radical (unpaired) electrons. The van der Waals surface area contributed by atoms with Gasteiger partial charge in [0, 0.05) is 18.8 Å². The number of quaternary nitrogens is 1. The summed E-state index contributed by atoms with van der Waals surface area (Å²) in [5.74, 6) is -0.0275. The molecule has 0 saturated carbocycles. The fraction of sp³-hybridized carbons (Fsp3) is 0.391. The van der Waals surface area contributed by atoms with Crippen molar-refractivity contribution < 1.29 is 14.5 Å². The molecule has 0 aliphatic rings. The molecule has 0 fully saturated rings. The molecule has 0 aliphatic heterocycles. The van der Waals surface area contributed by atoms with Crippen molar-refractivity contribution in [2.45, 2.75) is 40.3 Å². The van der Waals surface area contributed by atoms with Crippen molar-refractivity contribution in [1.29, 1.82) is 0 Å². The van der Waals surface area contributed by atoms with Crippen LogP contribution >= 0.6 is 0 Å². The summed E-state index contributed by atoms with van der Waals surface area (Å²) in [6, 6.07) is 15.5. The minimum absolute atomic E-state index is 0.0587. The number of carbonyl (C=O) groups is 2. The van der Waals surface area contributed by atoms with Crippen LogP contribution in [0.25, 0.3) is 0 Å². The van der Waals surface area contributed by atoms with Gasteiger partial charge in [0.2, 0.25) is 0 Å². The van der Waals surface area contributed by atoms with Crippen LogP contribution in [0.5, 0.6) is 0 Å². The standard InChI is InChI=1S/C23H31N3O2/c1-6-26(15-20-12-8-7-9-13-20)23(28)19(4)25(5)16-22(27)24-21-14-10-11-17(2)18(21)3/h7-14,19H,6,15-16H2,1-5H3,(H,24,27)/p+1/t19-/m0/s1. The molecule has 2 rings (SSSR count). The summed E-state index contributed by atoms with van der Waals surface area (Å²) >= 11 is 0. The highest BCUT2D eigenvalue weighted by Gasteiger charge is 2.28. The summed E-state index contributed by atoms with van der Waals surface area (Å²) in [6.45, 7) is 9.35. The molecule has 0 saturated heterocycles. The normalized spacial score (nSPS) is 12.9. The van der Waals surface area contributed by atoms with Crippen LogP contribution in [0.15, 0.2) is 48.5 Å². The quantitative estimate of drug-likeness (QED) is 0.735. The Morgan fingerprint density at radius 1 is 1.07 bits per heavy atom. The van der Waals surface area contributed by atoms with Crippen molar-refractivity contribution in [2.24, 2.45) is 0 Å². The molecule has 0 bridgehead atoms. The van der Waals surface area contributed by atoms with Gasteiger partial charge in [-0.3, -0.25) is 9.59 Å². The molecule has 2 aromatic rings. The lowest BCUT2D eigenvalue weighted by Crippen LogP contribution is -3.15. The second kappa shape index (κ2) is 10.0. The van der Waals surface area contributed by atoms with Gasteiger partial charge in [-0.15, -0.1) is 0 Å². The molecule has 0 aromatic heterocycles. The van der Waals surface area contributed by atoms with Gasteiger partial charge in [0.05, 0.1) is 7.05 Å². The molecular weight excluding hydrogens is 350 g/mol. The maximum Gasteiger partial charge on any atom is 0.280 e. The summed E-state index contributed by atoms with van der Waals surface area (Å²) in [7, 11) is 1.89. The zero-order valence-corrected chi connectivity index (χ0v) is 17.6. The molecule has 5 heteroatoms. The lowest BCUT2D eigenvalue weighted by molar-refractivity contribution is -0.886. The first-order valence-corrected chi connectivity index (χ1v) is 9.84. The monoisotopic (exact) mass is 382 g/mol. The predicted octanol–water partition coefficient (Wildman–Crippen LogP) is 2.19. The fourth-order valence-electron chi connectivity index (χ4n) is 3.12. The first-order valence-electron chi connectivity index (χ1n) is 9.84. The molecule has 2 amide bonds. The molecule has 2 aromatic carbocycles. The van der Waals surface area contributed by atoms with E-state index in [4.69, 9.17) is 0 Å². The predicted molar refractivity (Wildman–Crippen MR) is 113 cm³/mol. The lowest BCUT2D eigenvalue weighted by atomic mass is 10.1. The zero-order valence-electron chi connectivity index (χ0n) is 17.6. The number of hydrogen-bond donors (Lipinski definition) is 2. The van der Waals surface area contributed by atoms with Crippen molar-refractivity contribution >= 4 is 17.5 Å². The third-order valence-electron chi connectivity index (χ3n) is 5.34. The Morgan fingerprint density at radius 2 is 1.75 bits per heavy atom. The molecule has 150 valence electrons. The summed E-state index contributed by atoms with van der Waals surface area (Å²) in [5, 5.41) is 2.97. The Bertz CT molecular complexity index is 805. The number of aryl methyl sites for hydroxylation is 1.